The van der Waals surface area contributed by atoms with Crippen molar-refractivity contribution in [2.45, 2.75) is 19.4 Å². The SMILES string of the molecule is Cc1ccn(C2CCOC2)n1. The van der Waals surface area contributed by atoms with Crippen LogP contribution in [0.3, 0.4) is 0 Å². The Bertz CT molecular complexity index is 238. The molecule has 1 aliphatic rings. The van der Waals surface area contributed by atoms with E-state index in [0.29, 0.717) is 6.04 Å². The molecule has 0 bridgehead atoms. The Morgan fingerprint density at radius 3 is 3.18 bits per heavy atom. The molecule has 1 aromatic rings. The molecule has 0 aromatic carbocycles. The summed E-state index contributed by atoms with van der Waals surface area (Å²) in [5.41, 5.74) is 1.08. The molecule has 3 heteroatoms. The van der Waals surface area contributed by atoms with Crippen LogP contribution in [-0.4, -0.2) is 23.0 Å². The second-order valence-electron chi connectivity index (χ2n) is 2.95. The first-order chi connectivity index (χ1) is 5.36. The highest BCUT2D eigenvalue weighted by Gasteiger charge is 2.17. The predicted octanol–water partition coefficient (Wildman–Crippen LogP) is 1.15. The van der Waals surface area contributed by atoms with Crippen molar-refractivity contribution in [3.8, 4) is 0 Å². The second-order valence-corrected chi connectivity index (χ2v) is 2.95. The first-order valence-corrected chi connectivity index (χ1v) is 3.96. The molecule has 1 saturated heterocycles. The van der Waals surface area contributed by atoms with E-state index in [-0.39, 0.29) is 0 Å². The lowest BCUT2D eigenvalue weighted by Gasteiger charge is -2.06. The van der Waals surface area contributed by atoms with Gasteiger partial charge in [0.25, 0.3) is 0 Å². The summed E-state index contributed by atoms with van der Waals surface area (Å²) in [5.74, 6) is 0. The van der Waals surface area contributed by atoms with E-state index in [4.69, 9.17) is 4.74 Å². The minimum Gasteiger partial charge on any atom is -0.379 e. The van der Waals surface area contributed by atoms with Gasteiger partial charge in [-0.3, -0.25) is 4.68 Å². The molecule has 60 valence electrons. The molecule has 1 aromatic heterocycles. The fourth-order valence-electron chi connectivity index (χ4n) is 1.37. The Labute approximate surface area is 66.0 Å². The molecule has 1 unspecified atom stereocenters. The first kappa shape index (κ1) is 6.85. The number of aryl methyl sites for hydroxylation is 1. The zero-order chi connectivity index (χ0) is 7.68. The van der Waals surface area contributed by atoms with Crippen LogP contribution in [-0.2, 0) is 4.74 Å². The average Bonchev–Trinajstić information content (AvgIpc) is 2.55. The molecule has 0 N–H and O–H groups in total. The van der Waals surface area contributed by atoms with Crippen LogP contribution >= 0.6 is 0 Å². The van der Waals surface area contributed by atoms with Crippen LogP contribution in [0, 0.1) is 6.92 Å². The summed E-state index contributed by atoms with van der Waals surface area (Å²) >= 11 is 0. The first-order valence-electron chi connectivity index (χ1n) is 3.96. The second kappa shape index (κ2) is 2.66. The Morgan fingerprint density at radius 1 is 1.73 bits per heavy atom. The van der Waals surface area contributed by atoms with Crippen molar-refractivity contribution < 1.29 is 4.74 Å². The van der Waals surface area contributed by atoms with Crippen LogP contribution in [0.2, 0.25) is 0 Å². The van der Waals surface area contributed by atoms with E-state index in [1.165, 1.54) is 0 Å². The minimum atomic E-state index is 0.476. The molecule has 1 aliphatic heterocycles. The van der Waals surface area contributed by atoms with Gasteiger partial charge in [-0.1, -0.05) is 0 Å². The van der Waals surface area contributed by atoms with E-state index >= 15 is 0 Å². The van der Waals surface area contributed by atoms with Crippen molar-refractivity contribution >= 4 is 0 Å². The van der Waals surface area contributed by atoms with Crippen LogP contribution < -0.4 is 0 Å². The highest BCUT2D eigenvalue weighted by Crippen LogP contribution is 2.17. The molecule has 0 spiro atoms. The van der Waals surface area contributed by atoms with Crippen molar-refractivity contribution in [2.75, 3.05) is 13.2 Å². The molecule has 3 nitrogen and oxygen atoms in total. The summed E-state index contributed by atoms with van der Waals surface area (Å²) in [6.45, 7) is 3.71. The maximum Gasteiger partial charge on any atom is 0.0774 e. The van der Waals surface area contributed by atoms with Gasteiger partial charge in [0.2, 0.25) is 0 Å². The third kappa shape index (κ3) is 1.28. The van der Waals surface area contributed by atoms with Gasteiger partial charge in [-0.05, 0) is 19.4 Å². The summed E-state index contributed by atoms with van der Waals surface area (Å²) in [6.07, 6.45) is 3.12. The maximum absolute atomic E-state index is 5.26. The van der Waals surface area contributed by atoms with Crippen LogP contribution in [0.1, 0.15) is 18.2 Å². The highest BCUT2D eigenvalue weighted by molar-refractivity contribution is 4.96. The Kier molecular flexibility index (Phi) is 1.66. The monoisotopic (exact) mass is 152 g/mol. The summed E-state index contributed by atoms with van der Waals surface area (Å²) in [5, 5.41) is 4.33. The summed E-state index contributed by atoms with van der Waals surface area (Å²) in [7, 11) is 0. The molecule has 0 radical (unpaired) electrons. The Hall–Kier alpha value is -0.830. The number of aromatic nitrogens is 2. The lowest BCUT2D eigenvalue weighted by atomic mass is 10.3. The van der Waals surface area contributed by atoms with E-state index in [0.717, 1.165) is 25.3 Å². The fraction of sp³-hybridized carbons (Fsp3) is 0.625. The number of nitrogens with zero attached hydrogens (tertiary/aromatic N) is 2. The van der Waals surface area contributed by atoms with Gasteiger partial charge in [0.05, 0.1) is 18.3 Å². The predicted molar refractivity (Wildman–Crippen MR) is 41.4 cm³/mol. The topological polar surface area (TPSA) is 27.1 Å². The maximum atomic E-state index is 5.26. The number of hydrogen-bond donors (Lipinski definition) is 0. The largest absolute Gasteiger partial charge is 0.379 e. The van der Waals surface area contributed by atoms with E-state index in [1.807, 2.05) is 23.9 Å². The molecule has 0 amide bonds. The third-order valence-corrected chi connectivity index (χ3v) is 2.02. The van der Waals surface area contributed by atoms with Gasteiger partial charge in [0.15, 0.2) is 0 Å². The van der Waals surface area contributed by atoms with Gasteiger partial charge < -0.3 is 4.74 Å². The van der Waals surface area contributed by atoms with Crippen molar-refractivity contribution in [1.29, 1.82) is 0 Å². The van der Waals surface area contributed by atoms with Crippen molar-refractivity contribution in [3.63, 3.8) is 0 Å². The van der Waals surface area contributed by atoms with Crippen molar-refractivity contribution in [1.82, 2.24) is 9.78 Å². The molecule has 0 saturated carbocycles. The van der Waals surface area contributed by atoms with Crippen molar-refractivity contribution in [3.05, 3.63) is 18.0 Å². The Morgan fingerprint density at radius 2 is 2.64 bits per heavy atom. The minimum absolute atomic E-state index is 0.476. The summed E-state index contributed by atoms with van der Waals surface area (Å²) in [6, 6.07) is 2.50. The normalized spacial score (nSPS) is 24.3. The van der Waals surface area contributed by atoms with E-state index in [1.54, 1.807) is 0 Å². The van der Waals surface area contributed by atoms with Gasteiger partial charge in [0, 0.05) is 12.8 Å². The van der Waals surface area contributed by atoms with E-state index in [2.05, 4.69) is 5.10 Å². The number of rotatable bonds is 1. The summed E-state index contributed by atoms with van der Waals surface area (Å²) in [4.78, 5) is 0. The lowest BCUT2D eigenvalue weighted by Crippen LogP contribution is -2.08. The number of hydrogen-bond acceptors (Lipinski definition) is 2. The standard InChI is InChI=1S/C8H12N2O/c1-7-2-4-10(9-7)8-3-5-11-6-8/h2,4,8H,3,5-6H2,1H3. The highest BCUT2D eigenvalue weighted by atomic mass is 16.5. The Balaban J connectivity index is 2.15. The van der Waals surface area contributed by atoms with Crippen LogP contribution in [0.4, 0.5) is 0 Å². The zero-order valence-electron chi connectivity index (χ0n) is 6.66. The van der Waals surface area contributed by atoms with Crippen molar-refractivity contribution in [2.24, 2.45) is 0 Å². The van der Waals surface area contributed by atoms with E-state index < -0.39 is 0 Å². The fourth-order valence-corrected chi connectivity index (χ4v) is 1.37. The molecule has 0 aliphatic carbocycles. The smallest absolute Gasteiger partial charge is 0.0774 e. The molecule has 2 heterocycles. The lowest BCUT2D eigenvalue weighted by molar-refractivity contribution is 0.184. The van der Waals surface area contributed by atoms with Gasteiger partial charge in [0.1, 0.15) is 0 Å². The van der Waals surface area contributed by atoms with Crippen LogP contribution in [0.15, 0.2) is 12.3 Å². The van der Waals surface area contributed by atoms with Gasteiger partial charge in [-0.15, -0.1) is 0 Å². The number of ether oxygens (including phenoxy) is 1. The van der Waals surface area contributed by atoms with Crippen LogP contribution in [0.5, 0.6) is 0 Å². The van der Waals surface area contributed by atoms with E-state index in [9.17, 15) is 0 Å². The molecular weight excluding hydrogens is 140 g/mol. The van der Waals surface area contributed by atoms with Gasteiger partial charge in [-0.2, -0.15) is 5.10 Å². The molecule has 1 fully saturated rings. The average molecular weight is 152 g/mol. The quantitative estimate of drug-likeness (QED) is 0.603. The van der Waals surface area contributed by atoms with Crippen LogP contribution in [0.25, 0.3) is 0 Å². The van der Waals surface area contributed by atoms with Gasteiger partial charge >= 0.3 is 0 Å². The van der Waals surface area contributed by atoms with Gasteiger partial charge in [-0.25, -0.2) is 0 Å². The molecule has 2 rings (SSSR count). The zero-order valence-corrected chi connectivity index (χ0v) is 6.66. The molecule has 11 heavy (non-hydrogen) atoms. The molecule has 1 atom stereocenters. The third-order valence-electron chi connectivity index (χ3n) is 2.02. The summed E-state index contributed by atoms with van der Waals surface area (Å²) < 4.78 is 7.26. The molecular formula is C8H12N2O.